The zero-order valence-corrected chi connectivity index (χ0v) is 11.2. The lowest BCUT2D eigenvalue weighted by atomic mass is 10.2. The average molecular weight is 307 g/mol. The first-order valence-corrected chi connectivity index (χ1v) is 6.22. The summed E-state index contributed by atoms with van der Waals surface area (Å²) in [6.07, 6.45) is 1.87. The molecule has 1 aromatic carbocycles. The molecule has 0 saturated heterocycles. The second-order valence-electron chi connectivity index (χ2n) is 4.16. The van der Waals surface area contributed by atoms with Gasteiger partial charge in [0.2, 0.25) is 5.88 Å². The van der Waals surface area contributed by atoms with Crippen LogP contribution in [0.5, 0.6) is 11.8 Å². The fourth-order valence-electron chi connectivity index (χ4n) is 2.06. The van der Waals surface area contributed by atoms with Crippen LogP contribution < -0.4 is 0 Å². The van der Waals surface area contributed by atoms with E-state index < -0.39 is 0 Å². The summed E-state index contributed by atoms with van der Waals surface area (Å²) in [5.41, 5.74) is 1.53. The zero-order valence-electron chi connectivity index (χ0n) is 9.63. The Bertz CT molecular complexity index is 743. The van der Waals surface area contributed by atoms with Gasteiger partial charge in [-0.1, -0.05) is 15.9 Å². The largest absolute Gasteiger partial charge is 0.494 e. The molecule has 0 saturated carbocycles. The van der Waals surface area contributed by atoms with E-state index in [-0.39, 0.29) is 11.8 Å². The third-order valence-corrected chi connectivity index (χ3v) is 3.56. The van der Waals surface area contributed by atoms with Gasteiger partial charge in [0.05, 0.1) is 5.52 Å². The van der Waals surface area contributed by atoms with Gasteiger partial charge in [0.25, 0.3) is 0 Å². The van der Waals surface area contributed by atoms with Gasteiger partial charge in [-0.05, 0) is 24.3 Å². The molecule has 3 aromatic rings. The maximum atomic E-state index is 9.98. The Kier molecular flexibility index (Phi) is 2.38. The average Bonchev–Trinajstić information content (AvgIpc) is 2.85. The molecule has 0 bridgehead atoms. The second kappa shape index (κ2) is 3.81. The number of fused-ring (bicyclic) bond motifs is 1. The van der Waals surface area contributed by atoms with Crippen LogP contribution in [0.1, 0.15) is 0 Å². The van der Waals surface area contributed by atoms with Gasteiger partial charge in [-0.25, -0.2) is 0 Å². The standard InChI is InChI=1S/C13H11BrN2O2/c1-15-12(17)7-11(13(15)18)16-5-4-8-6-9(14)2-3-10(8)16/h2-7,17-18H,1H3. The molecule has 4 nitrogen and oxygen atoms in total. The molecule has 18 heavy (non-hydrogen) atoms. The Balaban J connectivity index is 2.28. The molecule has 5 heteroatoms. The highest BCUT2D eigenvalue weighted by Gasteiger charge is 2.14. The van der Waals surface area contributed by atoms with Crippen molar-refractivity contribution in [2.45, 2.75) is 0 Å². The van der Waals surface area contributed by atoms with E-state index in [1.165, 1.54) is 10.6 Å². The van der Waals surface area contributed by atoms with Crippen molar-refractivity contribution in [1.82, 2.24) is 9.13 Å². The van der Waals surface area contributed by atoms with Gasteiger partial charge in [-0.2, -0.15) is 0 Å². The van der Waals surface area contributed by atoms with E-state index >= 15 is 0 Å². The van der Waals surface area contributed by atoms with Crippen LogP contribution in [-0.2, 0) is 7.05 Å². The molecule has 2 heterocycles. The summed E-state index contributed by atoms with van der Waals surface area (Å²) in [6.45, 7) is 0. The lowest BCUT2D eigenvalue weighted by Crippen LogP contribution is -1.91. The molecule has 92 valence electrons. The second-order valence-corrected chi connectivity index (χ2v) is 5.07. The Morgan fingerprint density at radius 1 is 1.11 bits per heavy atom. The number of hydrogen-bond acceptors (Lipinski definition) is 2. The minimum Gasteiger partial charge on any atom is -0.494 e. The first-order chi connectivity index (χ1) is 8.58. The minimum absolute atomic E-state index is 0.0291. The van der Waals surface area contributed by atoms with Gasteiger partial charge in [0.1, 0.15) is 5.69 Å². The fraction of sp³-hybridized carbons (Fsp3) is 0.0769. The predicted octanol–water partition coefficient (Wildman–Crippen LogP) is 3.14. The SMILES string of the molecule is Cn1c(O)cc(-n2ccc3cc(Br)ccc32)c1O. The molecule has 2 N–H and O–H groups in total. The summed E-state index contributed by atoms with van der Waals surface area (Å²) in [5.74, 6) is 0.0642. The van der Waals surface area contributed by atoms with Crippen molar-refractivity contribution in [3.8, 4) is 17.4 Å². The lowest BCUT2D eigenvalue weighted by Gasteiger charge is -2.04. The van der Waals surface area contributed by atoms with Crippen LogP contribution in [0.3, 0.4) is 0 Å². The number of hydrogen-bond donors (Lipinski definition) is 2. The smallest absolute Gasteiger partial charge is 0.218 e. The minimum atomic E-state index is 0.0291. The molecular weight excluding hydrogens is 296 g/mol. The Hall–Kier alpha value is -1.88. The van der Waals surface area contributed by atoms with Crippen LogP contribution in [0.4, 0.5) is 0 Å². The van der Waals surface area contributed by atoms with E-state index in [0.717, 1.165) is 15.4 Å². The summed E-state index contributed by atoms with van der Waals surface area (Å²) in [7, 11) is 1.61. The van der Waals surface area contributed by atoms with Crippen molar-refractivity contribution in [3.63, 3.8) is 0 Å². The molecule has 2 aromatic heterocycles. The van der Waals surface area contributed by atoms with Gasteiger partial charge in [0.15, 0.2) is 5.88 Å². The first-order valence-electron chi connectivity index (χ1n) is 5.42. The van der Waals surface area contributed by atoms with Gasteiger partial charge in [-0.3, -0.25) is 4.57 Å². The van der Waals surface area contributed by atoms with E-state index in [1.54, 1.807) is 7.05 Å². The molecule has 3 rings (SSSR count). The molecule has 0 radical (unpaired) electrons. The third kappa shape index (κ3) is 1.51. The van der Waals surface area contributed by atoms with E-state index in [4.69, 9.17) is 0 Å². The highest BCUT2D eigenvalue weighted by atomic mass is 79.9. The fourth-order valence-corrected chi connectivity index (χ4v) is 2.44. The molecular formula is C13H11BrN2O2. The number of aromatic hydroxyl groups is 2. The quantitative estimate of drug-likeness (QED) is 0.725. The Morgan fingerprint density at radius 2 is 1.89 bits per heavy atom. The summed E-state index contributed by atoms with van der Waals surface area (Å²) in [5, 5.41) is 20.7. The Labute approximate surface area is 112 Å². The van der Waals surface area contributed by atoms with Gasteiger partial charge in [0, 0.05) is 29.2 Å². The van der Waals surface area contributed by atoms with Crippen molar-refractivity contribution in [2.24, 2.45) is 7.05 Å². The van der Waals surface area contributed by atoms with Crippen LogP contribution in [0.15, 0.2) is 41.0 Å². The van der Waals surface area contributed by atoms with Crippen molar-refractivity contribution < 1.29 is 10.2 Å². The molecule has 0 aliphatic carbocycles. The van der Waals surface area contributed by atoms with Crippen molar-refractivity contribution >= 4 is 26.8 Å². The number of nitrogens with zero attached hydrogens (tertiary/aromatic N) is 2. The van der Waals surface area contributed by atoms with Gasteiger partial charge in [-0.15, -0.1) is 0 Å². The van der Waals surface area contributed by atoms with Crippen LogP contribution in [0.2, 0.25) is 0 Å². The highest BCUT2D eigenvalue weighted by molar-refractivity contribution is 9.10. The molecule has 0 fully saturated rings. The van der Waals surface area contributed by atoms with E-state index in [0.29, 0.717) is 5.69 Å². The van der Waals surface area contributed by atoms with E-state index in [1.807, 2.05) is 35.0 Å². The maximum Gasteiger partial charge on any atom is 0.218 e. The van der Waals surface area contributed by atoms with Crippen molar-refractivity contribution in [1.29, 1.82) is 0 Å². The van der Waals surface area contributed by atoms with Crippen LogP contribution in [0, 0.1) is 0 Å². The lowest BCUT2D eigenvalue weighted by molar-refractivity contribution is 0.386. The monoisotopic (exact) mass is 306 g/mol. The highest BCUT2D eigenvalue weighted by Crippen LogP contribution is 2.32. The topological polar surface area (TPSA) is 50.3 Å². The normalized spacial score (nSPS) is 11.2. The summed E-state index contributed by atoms with van der Waals surface area (Å²) >= 11 is 3.43. The van der Waals surface area contributed by atoms with Gasteiger partial charge >= 0.3 is 0 Å². The van der Waals surface area contributed by atoms with Crippen LogP contribution >= 0.6 is 15.9 Å². The zero-order chi connectivity index (χ0) is 12.9. The van der Waals surface area contributed by atoms with Crippen LogP contribution in [0.25, 0.3) is 16.6 Å². The number of benzene rings is 1. The van der Waals surface area contributed by atoms with E-state index in [9.17, 15) is 10.2 Å². The Morgan fingerprint density at radius 3 is 2.56 bits per heavy atom. The predicted molar refractivity (Wildman–Crippen MR) is 73.3 cm³/mol. The molecule has 0 atom stereocenters. The molecule has 0 aliphatic heterocycles. The van der Waals surface area contributed by atoms with E-state index in [2.05, 4.69) is 15.9 Å². The van der Waals surface area contributed by atoms with Crippen molar-refractivity contribution in [2.75, 3.05) is 0 Å². The van der Waals surface area contributed by atoms with Crippen molar-refractivity contribution in [3.05, 3.63) is 41.0 Å². The molecule has 0 aliphatic rings. The third-order valence-electron chi connectivity index (χ3n) is 3.07. The van der Waals surface area contributed by atoms with Crippen LogP contribution in [-0.4, -0.2) is 19.3 Å². The molecule has 0 unspecified atom stereocenters. The summed E-state index contributed by atoms with van der Waals surface area (Å²) in [4.78, 5) is 0. The molecule has 0 amide bonds. The molecule has 0 spiro atoms. The first kappa shape index (κ1) is 11.2. The summed E-state index contributed by atoms with van der Waals surface area (Å²) < 4.78 is 4.18. The number of halogens is 1. The van der Waals surface area contributed by atoms with Gasteiger partial charge < -0.3 is 14.8 Å². The number of aromatic nitrogens is 2. The summed E-state index contributed by atoms with van der Waals surface area (Å²) in [6, 6.07) is 9.41. The number of rotatable bonds is 1. The maximum absolute atomic E-state index is 9.98.